The average Bonchev–Trinajstić information content (AvgIpc) is 2.71. The van der Waals surface area contributed by atoms with E-state index in [-0.39, 0.29) is 18.2 Å². The van der Waals surface area contributed by atoms with Gasteiger partial charge in [0, 0.05) is 37.1 Å². The highest BCUT2D eigenvalue weighted by molar-refractivity contribution is 7.90. The van der Waals surface area contributed by atoms with Crippen LogP contribution >= 0.6 is 0 Å². The summed E-state index contributed by atoms with van der Waals surface area (Å²) in [5.74, 6) is 0. The molecule has 2 fully saturated rings. The van der Waals surface area contributed by atoms with Crippen LogP contribution in [0.3, 0.4) is 0 Å². The third-order valence-electron chi connectivity index (χ3n) is 5.77. The summed E-state index contributed by atoms with van der Waals surface area (Å²) in [6.45, 7) is 8.34. The topological polar surface area (TPSA) is 91.0 Å². The number of halogens is 1. The molecule has 2 aliphatic heterocycles. The zero-order chi connectivity index (χ0) is 22.8. The number of anilines is 2. The normalized spacial score (nSPS) is 25.7. The van der Waals surface area contributed by atoms with Gasteiger partial charge in [-0.2, -0.15) is 0 Å². The van der Waals surface area contributed by atoms with Crippen LogP contribution in [0.2, 0.25) is 0 Å². The molecule has 2 aliphatic rings. The van der Waals surface area contributed by atoms with Crippen LogP contribution in [-0.4, -0.2) is 68.8 Å². The maximum absolute atomic E-state index is 14.5. The lowest BCUT2D eigenvalue weighted by Gasteiger charge is -2.39. The van der Waals surface area contributed by atoms with Crippen LogP contribution in [0, 0.1) is 0 Å². The first kappa shape index (κ1) is 23.7. The van der Waals surface area contributed by atoms with E-state index in [1.807, 2.05) is 6.92 Å². The van der Waals surface area contributed by atoms with Gasteiger partial charge in [0.15, 0.2) is 6.30 Å². The van der Waals surface area contributed by atoms with Crippen molar-refractivity contribution in [1.82, 2.24) is 9.62 Å². The Hall–Kier alpha value is -1.91. The molecule has 2 N–H and O–H groups in total. The minimum Gasteiger partial charge on any atom is -0.369 e. The molecule has 0 aliphatic carbocycles. The number of nitrogens with one attached hydrogen (secondary N) is 2. The standard InChI is InChI=1S/C21H33FN4O4S/c1-14(2)31(28,29)24-18-9-11-25(12-10-18)21(27)23-17-5-7-19(8-6-17)26-13-15(3)30-16(4)20(26)22/h5-8,14-16,18,20,24H,9-13H2,1-4H3,(H,23,27)/t15-,16+,20?/m0/s1. The molecule has 1 aromatic carbocycles. The van der Waals surface area contributed by atoms with Crippen molar-refractivity contribution in [2.75, 3.05) is 29.9 Å². The van der Waals surface area contributed by atoms with E-state index in [4.69, 9.17) is 4.74 Å². The monoisotopic (exact) mass is 456 g/mol. The molecular weight excluding hydrogens is 423 g/mol. The van der Waals surface area contributed by atoms with Gasteiger partial charge in [0.1, 0.15) is 6.10 Å². The lowest BCUT2D eigenvalue weighted by molar-refractivity contribution is -0.0614. The molecule has 8 nitrogen and oxygen atoms in total. The van der Waals surface area contributed by atoms with Gasteiger partial charge in [-0.1, -0.05) is 0 Å². The zero-order valence-electron chi connectivity index (χ0n) is 18.5. The van der Waals surface area contributed by atoms with Crippen molar-refractivity contribution in [3.63, 3.8) is 0 Å². The van der Waals surface area contributed by atoms with Crippen LogP contribution in [0.15, 0.2) is 24.3 Å². The first-order valence-corrected chi connectivity index (χ1v) is 12.3. The number of benzene rings is 1. The van der Waals surface area contributed by atoms with E-state index in [2.05, 4.69) is 10.0 Å². The highest BCUT2D eigenvalue weighted by atomic mass is 32.2. The number of piperidine rings is 1. The first-order chi connectivity index (χ1) is 14.6. The number of urea groups is 1. The molecule has 2 heterocycles. The number of hydrogen-bond donors (Lipinski definition) is 2. The predicted octanol–water partition coefficient (Wildman–Crippen LogP) is 2.92. The van der Waals surface area contributed by atoms with Crippen molar-refractivity contribution < 1.29 is 22.3 Å². The number of hydrogen-bond acceptors (Lipinski definition) is 5. The lowest BCUT2D eigenvalue weighted by Crippen LogP contribution is -2.51. The van der Waals surface area contributed by atoms with E-state index in [0.29, 0.717) is 38.2 Å². The Morgan fingerprint density at radius 3 is 2.35 bits per heavy atom. The number of carbonyl (C=O) groups is 1. The number of morpholine rings is 1. The number of amides is 2. The van der Waals surface area contributed by atoms with Crippen LogP contribution < -0.4 is 14.9 Å². The average molecular weight is 457 g/mol. The number of rotatable bonds is 5. The molecule has 3 rings (SSSR count). The third kappa shape index (κ3) is 5.87. The second-order valence-corrected chi connectivity index (χ2v) is 10.9. The van der Waals surface area contributed by atoms with Gasteiger partial charge in [-0.3, -0.25) is 0 Å². The Balaban J connectivity index is 1.52. The maximum Gasteiger partial charge on any atom is 0.321 e. The molecule has 1 unspecified atom stereocenters. The Morgan fingerprint density at radius 2 is 1.77 bits per heavy atom. The van der Waals surface area contributed by atoms with Crippen molar-refractivity contribution in [2.45, 2.75) is 70.3 Å². The van der Waals surface area contributed by atoms with Gasteiger partial charge in [-0.25, -0.2) is 22.3 Å². The second kappa shape index (κ2) is 9.70. The maximum atomic E-state index is 14.5. The van der Waals surface area contributed by atoms with Gasteiger partial charge in [0.05, 0.1) is 11.4 Å². The number of alkyl halides is 1. The van der Waals surface area contributed by atoms with Crippen molar-refractivity contribution in [3.8, 4) is 0 Å². The van der Waals surface area contributed by atoms with Crippen molar-refractivity contribution >= 4 is 27.4 Å². The molecular formula is C21H33FN4O4S. The van der Waals surface area contributed by atoms with Gasteiger partial charge in [0.2, 0.25) is 10.0 Å². The van der Waals surface area contributed by atoms with Gasteiger partial charge < -0.3 is 19.9 Å². The molecule has 0 aromatic heterocycles. The Kier molecular flexibility index (Phi) is 7.43. The number of nitrogens with zero attached hydrogens (tertiary/aromatic N) is 2. The van der Waals surface area contributed by atoms with Crippen LogP contribution in [0.25, 0.3) is 0 Å². The first-order valence-electron chi connectivity index (χ1n) is 10.8. The molecule has 1 aromatic rings. The number of sulfonamides is 1. The molecule has 31 heavy (non-hydrogen) atoms. The quantitative estimate of drug-likeness (QED) is 0.665. The zero-order valence-corrected chi connectivity index (χ0v) is 19.4. The number of ether oxygens (including phenoxy) is 1. The van der Waals surface area contributed by atoms with E-state index >= 15 is 0 Å². The van der Waals surface area contributed by atoms with Crippen LogP contribution in [0.4, 0.5) is 20.6 Å². The highest BCUT2D eigenvalue weighted by Gasteiger charge is 2.33. The van der Waals surface area contributed by atoms with Gasteiger partial charge in [-0.15, -0.1) is 0 Å². The summed E-state index contributed by atoms with van der Waals surface area (Å²) < 4.78 is 46.8. The van der Waals surface area contributed by atoms with Crippen molar-refractivity contribution in [2.24, 2.45) is 0 Å². The summed E-state index contributed by atoms with van der Waals surface area (Å²) in [4.78, 5) is 15.9. The van der Waals surface area contributed by atoms with Gasteiger partial charge >= 0.3 is 6.03 Å². The lowest BCUT2D eigenvalue weighted by atomic mass is 10.1. The molecule has 174 valence electrons. The highest BCUT2D eigenvalue weighted by Crippen LogP contribution is 2.27. The fraction of sp³-hybridized carbons (Fsp3) is 0.667. The Bertz CT molecular complexity index is 857. The van der Waals surface area contributed by atoms with E-state index in [1.54, 1.807) is 54.8 Å². The number of carbonyl (C=O) groups excluding carboxylic acids is 1. The summed E-state index contributed by atoms with van der Waals surface area (Å²) in [5, 5.41) is 2.38. The third-order valence-corrected chi connectivity index (χ3v) is 7.67. The molecule has 0 bridgehead atoms. The van der Waals surface area contributed by atoms with Crippen LogP contribution in [0.1, 0.15) is 40.5 Å². The SMILES string of the molecule is CC(C)S(=O)(=O)NC1CCN(C(=O)Nc2ccc(N3C[C@H](C)O[C@H](C)C3F)cc2)CC1. The second-order valence-electron chi connectivity index (χ2n) is 8.63. The summed E-state index contributed by atoms with van der Waals surface area (Å²) in [5.41, 5.74) is 1.37. The minimum absolute atomic E-state index is 0.0608. The van der Waals surface area contributed by atoms with Crippen LogP contribution in [0.5, 0.6) is 0 Å². The van der Waals surface area contributed by atoms with Gasteiger partial charge in [0.25, 0.3) is 0 Å². The van der Waals surface area contributed by atoms with Crippen molar-refractivity contribution in [1.29, 1.82) is 0 Å². The molecule has 0 saturated carbocycles. The molecule has 2 saturated heterocycles. The fourth-order valence-corrected chi connectivity index (χ4v) is 4.83. The molecule has 0 spiro atoms. The fourth-order valence-electron chi connectivity index (χ4n) is 3.86. The Labute approximate surface area is 184 Å². The van der Waals surface area contributed by atoms with E-state index in [9.17, 15) is 17.6 Å². The minimum atomic E-state index is -3.32. The van der Waals surface area contributed by atoms with E-state index < -0.39 is 27.7 Å². The van der Waals surface area contributed by atoms with E-state index in [0.717, 1.165) is 5.69 Å². The Morgan fingerprint density at radius 1 is 1.16 bits per heavy atom. The molecule has 10 heteroatoms. The summed E-state index contributed by atoms with van der Waals surface area (Å²) >= 11 is 0. The summed E-state index contributed by atoms with van der Waals surface area (Å²) in [6, 6.07) is 6.72. The molecule has 0 radical (unpaired) electrons. The van der Waals surface area contributed by atoms with Crippen molar-refractivity contribution in [3.05, 3.63) is 24.3 Å². The van der Waals surface area contributed by atoms with Crippen LogP contribution in [-0.2, 0) is 14.8 Å². The summed E-state index contributed by atoms with van der Waals surface area (Å²) in [6.07, 6.45) is -0.635. The molecule has 2 amide bonds. The smallest absolute Gasteiger partial charge is 0.321 e. The summed E-state index contributed by atoms with van der Waals surface area (Å²) in [7, 11) is -3.32. The largest absolute Gasteiger partial charge is 0.369 e. The van der Waals surface area contributed by atoms with Gasteiger partial charge in [-0.05, 0) is 64.8 Å². The van der Waals surface area contributed by atoms with E-state index in [1.165, 1.54) is 0 Å². The predicted molar refractivity (Wildman–Crippen MR) is 119 cm³/mol. The molecule has 3 atom stereocenters. The number of likely N-dealkylation sites (tertiary alicyclic amines) is 1.